The van der Waals surface area contributed by atoms with Crippen molar-refractivity contribution in [2.75, 3.05) is 0 Å². The number of aromatic nitrogens is 4. The molecule has 1 aliphatic rings. The number of benzene rings is 1. The van der Waals surface area contributed by atoms with Crippen molar-refractivity contribution in [3.8, 4) is 11.4 Å². The van der Waals surface area contributed by atoms with E-state index in [0.717, 1.165) is 28.0 Å². The van der Waals surface area contributed by atoms with Gasteiger partial charge in [0.25, 0.3) is 0 Å². The Bertz CT molecular complexity index is 961. The molecular weight excluding hydrogens is 333 g/mol. The molecule has 4 rings (SSSR count). The van der Waals surface area contributed by atoms with Crippen LogP contribution < -0.4 is 0 Å². The molecule has 116 valence electrons. The van der Waals surface area contributed by atoms with Gasteiger partial charge in [-0.05, 0) is 31.5 Å². The van der Waals surface area contributed by atoms with Crippen LogP contribution in [0.4, 0.5) is 5.82 Å². The van der Waals surface area contributed by atoms with E-state index in [1.807, 2.05) is 38.1 Å². The van der Waals surface area contributed by atoms with E-state index in [1.54, 1.807) is 4.68 Å². The standard InChI is InChI=1S/C16H13Cl2N5/c1-8-3-4-10-11(5-8)19-9(2)16(20-10)12-6-15-21-13(17)7-14(18)23(15)22-12/h3-6,14H,7H2,1-2H3. The molecule has 2 aromatic heterocycles. The van der Waals surface area contributed by atoms with Crippen molar-refractivity contribution in [3.05, 3.63) is 35.5 Å². The maximum absolute atomic E-state index is 6.29. The van der Waals surface area contributed by atoms with Gasteiger partial charge in [-0.1, -0.05) is 29.3 Å². The van der Waals surface area contributed by atoms with Crippen molar-refractivity contribution in [1.82, 2.24) is 19.7 Å². The Morgan fingerprint density at radius 3 is 2.78 bits per heavy atom. The zero-order chi connectivity index (χ0) is 16.1. The minimum atomic E-state index is -0.333. The molecule has 7 heteroatoms. The second-order valence-corrected chi connectivity index (χ2v) is 6.55. The van der Waals surface area contributed by atoms with E-state index >= 15 is 0 Å². The molecule has 1 unspecified atom stereocenters. The van der Waals surface area contributed by atoms with Gasteiger partial charge in [-0.3, -0.25) is 0 Å². The Balaban J connectivity index is 1.88. The summed E-state index contributed by atoms with van der Waals surface area (Å²) in [6, 6.07) is 7.85. The van der Waals surface area contributed by atoms with E-state index in [9.17, 15) is 0 Å². The zero-order valence-electron chi connectivity index (χ0n) is 12.6. The van der Waals surface area contributed by atoms with Gasteiger partial charge >= 0.3 is 0 Å². The zero-order valence-corrected chi connectivity index (χ0v) is 14.1. The van der Waals surface area contributed by atoms with Gasteiger partial charge in [0.05, 0.1) is 16.7 Å². The first kappa shape index (κ1) is 14.6. The minimum absolute atomic E-state index is 0.333. The molecule has 0 fully saturated rings. The lowest BCUT2D eigenvalue weighted by Gasteiger charge is -2.15. The van der Waals surface area contributed by atoms with Crippen LogP contribution >= 0.6 is 23.2 Å². The van der Waals surface area contributed by atoms with Crippen LogP contribution in [0.15, 0.2) is 29.3 Å². The molecule has 0 N–H and O–H groups in total. The van der Waals surface area contributed by atoms with E-state index in [1.165, 1.54) is 0 Å². The van der Waals surface area contributed by atoms with Gasteiger partial charge in [-0.25, -0.2) is 19.6 Å². The lowest BCUT2D eigenvalue weighted by atomic mass is 10.2. The van der Waals surface area contributed by atoms with Crippen molar-refractivity contribution in [1.29, 1.82) is 0 Å². The van der Waals surface area contributed by atoms with Gasteiger partial charge in [-0.15, -0.1) is 0 Å². The largest absolute Gasteiger partial charge is 0.249 e. The fourth-order valence-corrected chi connectivity index (χ4v) is 3.28. The first-order chi connectivity index (χ1) is 11.0. The summed E-state index contributed by atoms with van der Waals surface area (Å²) in [5.41, 5.74) is 4.80. The number of alkyl halides is 1. The molecule has 1 aliphatic heterocycles. The molecule has 0 radical (unpaired) electrons. The van der Waals surface area contributed by atoms with Crippen LogP contribution in [0.1, 0.15) is 23.2 Å². The molecule has 1 aromatic carbocycles. The number of aryl methyl sites for hydroxylation is 2. The third-order valence-electron chi connectivity index (χ3n) is 3.79. The number of halogens is 2. The summed E-state index contributed by atoms with van der Waals surface area (Å²) in [5, 5.41) is 5.02. The molecule has 0 saturated heterocycles. The van der Waals surface area contributed by atoms with Crippen molar-refractivity contribution in [2.24, 2.45) is 4.99 Å². The van der Waals surface area contributed by atoms with Gasteiger partial charge in [0.15, 0.2) is 5.82 Å². The monoisotopic (exact) mass is 345 g/mol. The second kappa shape index (κ2) is 5.28. The Kier molecular flexibility index (Phi) is 3.36. The normalized spacial score (nSPS) is 17.2. The van der Waals surface area contributed by atoms with Crippen LogP contribution in [0, 0.1) is 13.8 Å². The van der Waals surface area contributed by atoms with Crippen LogP contribution in [0.3, 0.4) is 0 Å². The first-order valence-corrected chi connectivity index (χ1v) is 8.05. The third kappa shape index (κ3) is 2.50. The molecule has 0 amide bonds. The Morgan fingerprint density at radius 2 is 1.96 bits per heavy atom. The van der Waals surface area contributed by atoms with Crippen LogP contribution in [0.25, 0.3) is 22.4 Å². The Labute approximate surface area is 143 Å². The van der Waals surface area contributed by atoms with Crippen LogP contribution in [-0.2, 0) is 0 Å². The lowest BCUT2D eigenvalue weighted by molar-refractivity contribution is 0.603. The summed E-state index contributed by atoms with van der Waals surface area (Å²) in [4.78, 5) is 13.7. The Hall–Kier alpha value is -1.98. The van der Waals surface area contributed by atoms with Crippen LogP contribution in [-0.4, -0.2) is 24.9 Å². The number of aliphatic imine (C=N–C) groups is 1. The molecular formula is C16H13Cl2N5. The number of nitrogens with zero attached hydrogens (tertiary/aromatic N) is 5. The molecule has 0 bridgehead atoms. The minimum Gasteiger partial charge on any atom is -0.249 e. The van der Waals surface area contributed by atoms with Crippen LogP contribution in [0.2, 0.25) is 0 Å². The fraction of sp³-hybridized carbons (Fsp3) is 0.250. The van der Waals surface area contributed by atoms with E-state index in [4.69, 9.17) is 28.2 Å². The Morgan fingerprint density at radius 1 is 1.13 bits per heavy atom. The number of fused-ring (bicyclic) bond motifs is 2. The summed E-state index contributed by atoms with van der Waals surface area (Å²) in [6.45, 7) is 3.97. The maximum Gasteiger partial charge on any atom is 0.154 e. The SMILES string of the molecule is Cc1ccc2nc(-c3cc4n(n3)C(Cl)CC(Cl)=N4)c(C)nc2c1. The van der Waals surface area contributed by atoms with Crippen LogP contribution in [0.5, 0.6) is 0 Å². The molecule has 0 spiro atoms. The molecule has 0 aliphatic carbocycles. The predicted molar refractivity (Wildman–Crippen MR) is 92.7 cm³/mol. The highest BCUT2D eigenvalue weighted by molar-refractivity contribution is 6.66. The van der Waals surface area contributed by atoms with Gasteiger partial charge in [0.2, 0.25) is 0 Å². The highest BCUT2D eigenvalue weighted by atomic mass is 35.5. The molecule has 3 aromatic rings. The smallest absolute Gasteiger partial charge is 0.154 e. The maximum atomic E-state index is 6.29. The highest BCUT2D eigenvalue weighted by Gasteiger charge is 2.23. The van der Waals surface area contributed by atoms with Gasteiger partial charge in [0, 0.05) is 12.5 Å². The summed E-state index contributed by atoms with van der Waals surface area (Å²) in [6.07, 6.45) is 0.471. The number of hydrogen-bond acceptors (Lipinski definition) is 4. The van der Waals surface area contributed by atoms with E-state index in [0.29, 0.717) is 23.1 Å². The van der Waals surface area contributed by atoms with Crippen molar-refractivity contribution >= 4 is 45.2 Å². The molecule has 3 heterocycles. The number of hydrogen-bond donors (Lipinski definition) is 0. The number of rotatable bonds is 1. The molecule has 5 nitrogen and oxygen atoms in total. The molecule has 0 saturated carbocycles. The van der Waals surface area contributed by atoms with Gasteiger partial charge < -0.3 is 0 Å². The second-order valence-electron chi connectivity index (χ2n) is 5.61. The average molecular weight is 346 g/mol. The lowest BCUT2D eigenvalue weighted by Crippen LogP contribution is -2.11. The first-order valence-electron chi connectivity index (χ1n) is 7.23. The summed E-state index contributed by atoms with van der Waals surface area (Å²) < 4.78 is 1.67. The van der Waals surface area contributed by atoms with Crippen molar-refractivity contribution in [3.63, 3.8) is 0 Å². The molecule has 1 atom stereocenters. The predicted octanol–water partition coefficient (Wildman–Crippen LogP) is 4.52. The fourth-order valence-electron chi connectivity index (χ4n) is 2.68. The summed E-state index contributed by atoms with van der Waals surface area (Å²) >= 11 is 12.3. The van der Waals surface area contributed by atoms with Crippen molar-refractivity contribution < 1.29 is 0 Å². The molecule has 23 heavy (non-hydrogen) atoms. The third-order valence-corrected chi connectivity index (χ3v) is 4.37. The van der Waals surface area contributed by atoms with E-state index < -0.39 is 0 Å². The topological polar surface area (TPSA) is 56.0 Å². The van der Waals surface area contributed by atoms with E-state index in [2.05, 4.69) is 15.1 Å². The van der Waals surface area contributed by atoms with Gasteiger partial charge in [0.1, 0.15) is 22.1 Å². The highest BCUT2D eigenvalue weighted by Crippen LogP contribution is 2.34. The van der Waals surface area contributed by atoms with Crippen molar-refractivity contribution in [2.45, 2.75) is 25.8 Å². The average Bonchev–Trinajstić information content (AvgIpc) is 2.90. The summed E-state index contributed by atoms with van der Waals surface area (Å²) in [5.74, 6) is 0.640. The van der Waals surface area contributed by atoms with Gasteiger partial charge in [-0.2, -0.15) is 5.10 Å². The van der Waals surface area contributed by atoms with E-state index in [-0.39, 0.29) is 5.50 Å². The summed E-state index contributed by atoms with van der Waals surface area (Å²) in [7, 11) is 0. The quantitative estimate of drug-likeness (QED) is 0.609.